The maximum atomic E-state index is 2.37. The number of hydrogen-bond donors (Lipinski definition) is 0. The summed E-state index contributed by atoms with van der Waals surface area (Å²) in [7, 11) is 0. The maximum Gasteiger partial charge on any atom is 0.0462 e. The van der Waals surface area contributed by atoms with Gasteiger partial charge in [-0.3, -0.25) is 0 Å². The van der Waals surface area contributed by atoms with Gasteiger partial charge in [0.1, 0.15) is 0 Å². The van der Waals surface area contributed by atoms with Gasteiger partial charge in [0.05, 0.1) is 0 Å². The molecule has 0 unspecified atom stereocenters. The average Bonchev–Trinajstić information content (AvgIpc) is 3.73. The summed E-state index contributed by atoms with van der Waals surface area (Å²) in [5, 5.41) is 0. The van der Waals surface area contributed by atoms with Crippen molar-refractivity contribution >= 4 is 88.5 Å². The molecule has 0 N–H and O–H groups in total. The maximum absolute atomic E-state index is 2.37. The summed E-state index contributed by atoms with van der Waals surface area (Å²) in [4.78, 5) is 2.37. The summed E-state index contributed by atoms with van der Waals surface area (Å²) in [6.45, 7) is 0. The largest absolute Gasteiger partial charge is 0.311 e. The molecule has 0 saturated carbocycles. The molecule has 0 radical (unpaired) electrons. The van der Waals surface area contributed by atoms with Gasteiger partial charge in [0.15, 0.2) is 0 Å². The molecule has 0 saturated heterocycles. The Morgan fingerprint density at radius 3 is 0.612 bits per heavy atom. The Balaban J connectivity index is 0.944. The molecule has 0 aliphatic heterocycles. The van der Waals surface area contributed by atoms with Crippen LogP contribution in [0.15, 0.2) is 218 Å². The van der Waals surface area contributed by atoms with Gasteiger partial charge >= 0.3 is 0 Å². The molecule has 0 amide bonds. The minimum absolute atomic E-state index is 1.08. The van der Waals surface area contributed by atoms with Crippen LogP contribution in [0.1, 0.15) is 83.5 Å². The smallest absolute Gasteiger partial charge is 0.0462 e. The normalized spacial score (nSPS) is 12.8. The van der Waals surface area contributed by atoms with E-state index in [0.717, 1.165) is 33.8 Å². The van der Waals surface area contributed by atoms with Crippen molar-refractivity contribution in [3.63, 3.8) is 0 Å². The van der Waals surface area contributed by atoms with E-state index in [1.165, 1.54) is 83.5 Å². The lowest BCUT2D eigenvalue weighted by atomic mass is 9.91. The zero-order chi connectivity index (χ0) is 44.5. The molecule has 3 aliphatic carbocycles. The van der Waals surface area contributed by atoms with Crippen molar-refractivity contribution in [3.8, 4) is 0 Å². The van der Waals surface area contributed by atoms with E-state index in [0.29, 0.717) is 0 Å². The topological polar surface area (TPSA) is 3.24 Å². The number of nitrogens with zero attached hydrogens (tertiary/aromatic N) is 1. The van der Waals surface area contributed by atoms with Crippen molar-refractivity contribution in [1.29, 1.82) is 0 Å². The number of rotatable bonds is 6. The lowest BCUT2D eigenvalue weighted by Gasteiger charge is -2.26. The van der Waals surface area contributed by atoms with Crippen LogP contribution < -0.4 is 4.90 Å². The van der Waals surface area contributed by atoms with E-state index >= 15 is 0 Å². The molecule has 1 heteroatoms. The van der Waals surface area contributed by atoms with Gasteiger partial charge in [0.2, 0.25) is 0 Å². The van der Waals surface area contributed by atoms with E-state index in [1.807, 2.05) is 0 Å². The van der Waals surface area contributed by atoms with Crippen molar-refractivity contribution in [2.24, 2.45) is 0 Å². The van der Waals surface area contributed by atoms with Crippen LogP contribution in [0.2, 0.25) is 0 Å². The number of hydrogen-bond acceptors (Lipinski definition) is 1. The van der Waals surface area contributed by atoms with Crippen molar-refractivity contribution < 1.29 is 0 Å². The van der Waals surface area contributed by atoms with Crippen LogP contribution in [0.25, 0.3) is 71.4 Å². The van der Waals surface area contributed by atoms with Gasteiger partial charge < -0.3 is 4.90 Å². The molecule has 0 bridgehead atoms. The van der Waals surface area contributed by atoms with Crippen LogP contribution in [-0.2, 0) is 0 Å². The highest BCUT2D eigenvalue weighted by Crippen LogP contribution is 2.41. The summed E-state index contributed by atoms with van der Waals surface area (Å²) < 4.78 is 0. The highest BCUT2D eigenvalue weighted by Gasteiger charge is 2.19. The molecule has 0 spiro atoms. The fraction of sp³-hybridized carbons (Fsp3) is 0. The highest BCUT2D eigenvalue weighted by molar-refractivity contribution is 6.03. The Bertz CT molecular complexity index is 3000. The second-order valence-corrected chi connectivity index (χ2v) is 17.3. The third-order valence-electron chi connectivity index (χ3n) is 13.2. The number of benzene rings is 9. The number of fused-ring (bicyclic) bond motifs is 6. The fourth-order valence-electron chi connectivity index (χ4n) is 9.87. The third kappa shape index (κ3) is 7.73. The Hall–Kier alpha value is -8.78. The minimum Gasteiger partial charge on any atom is -0.311 e. The molecule has 9 aromatic rings. The van der Waals surface area contributed by atoms with Gasteiger partial charge in [-0.05, 0) is 155 Å². The van der Waals surface area contributed by atoms with E-state index in [-0.39, 0.29) is 0 Å². The first-order chi connectivity index (χ1) is 33.2. The Kier molecular flexibility index (Phi) is 10.3. The molecule has 1 nitrogen and oxygen atoms in total. The fourth-order valence-corrected chi connectivity index (χ4v) is 9.87. The molecule has 314 valence electrons. The predicted octanol–water partition coefficient (Wildman–Crippen LogP) is 17.4. The van der Waals surface area contributed by atoms with Crippen molar-refractivity contribution in [1.82, 2.24) is 0 Å². The van der Waals surface area contributed by atoms with Gasteiger partial charge in [0, 0.05) is 17.1 Å². The predicted molar refractivity (Wildman–Crippen MR) is 287 cm³/mol. The van der Waals surface area contributed by atoms with Gasteiger partial charge in [-0.15, -0.1) is 0 Å². The average molecular weight is 852 g/mol. The van der Waals surface area contributed by atoms with E-state index in [2.05, 4.69) is 278 Å². The van der Waals surface area contributed by atoms with Crippen LogP contribution in [-0.4, -0.2) is 0 Å². The second kappa shape index (κ2) is 17.3. The van der Waals surface area contributed by atoms with Crippen LogP contribution in [0.3, 0.4) is 0 Å². The Morgan fingerprint density at radius 1 is 0.209 bits per heavy atom. The molecule has 9 aromatic carbocycles. The molecular formula is C66H45N. The summed E-state index contributed by atoms with van der Waals surface area (Å²) in [5.74, 6) is 0. The van der Waals surface area contributed by atoms with Crippen LogP contribution in [0, 0.1) is 0 Å². The summed E-state index contributed by atoms with van der Waals surface area (Å²) in [5.41, 5.74) is 25.1. The lowest BCUT2D eigenvalue weighted by Crippen LogP contribution is -2.10. The highest BCUT2D eigenvalue weighted by atomic mass is 15.1. The molecular weight excluding hydrogens is 807 g/mol. The zero-order valence-corrected chi connectivity index (χ0v) is 36.9. The Morgan fingerprint density at radius 2 is 0.403 bits per heavy atom. The third-order valence-corrected chi connectivity index (χ3v) is 13.2. The van der Waals surface area contributed by atoms with E-state index < -0.39 is 0 Å². The molecule has 0 atom stereocenters. The standard InChI is InChI=1S/C66H45N/c1-7-19-58-49(13-1)31-32-50-14-2-8-20-59(50)64(58)43-46-25-37-55(38-26-46)67(56-39-27-47(28-40-56)44-65-60-21-9-3-15-51(60)33-34-52-16-4-10-22-61(52)65)57-41-29-48(30-42-57)45-66-62-23-11-5-17-53(62)35-36-54-18-6-12-24-63(54)66/h1-45H. The quantitative estimate of drug-likeness (QED) is 0.161. The minimum atomic E-state index is 1.08. The van der Waals surface area contributed by atoms with Crippen LogP contribution in [0.4, 0.5) is 17.1 Å². The molecule has 67 heavy (non-hydrogen) atoms. The van der Waals surface area contributed by atoms with Gasteiger partial charge in [0.25, 0.3) is 0 Å². The van der Waals surface area contributed by atoms with Crippen LogP contribution >= 0.6 is 0 Å². The molecule has 0 fully saturated rings. The summed E-state index contributed by atoms with van der Waals surface area (Å²) in [6.07, 6.45) is 20.4. The monoisotopic (exact) mass is 851 g/mol. The first-order valence-electron chi connectivity index (χ1n) is 23.1. The van der Waals surface area contributed by atoms with Crippen molar-refractivity contribution in [2.45, 2.75) is 0 Å². The van der Waals surface area contributed by atoms with Crippen molar-refractivity contribution in [3.05, 3.63) is 302 Å². The lowest BCUT2D eigenvalue weighted by molar-refractivity contribution is 1.28. The SMILES string of the molecule is C1=Cc2ccccc2C(=Cc2ccc(N(c3ccc(C=C4c5ccccc5C=Cc5ccccc54)cc3)c3ccc(C=C4c5ccccc5C=Cc5ccccc54)cc3)cc2)c2ccccc21. The molecule has 3 aliphatic rings. The Labute approximate surface area is 393 Å². The van der Waals surface area contributed by atoms with Crippen molar-refractivity contribution in [2.75, 3.05) is 4.90 Å². The summed E-state index contributed by atoms with van der Waals surface area (Å²) in [6, 6.07) is 79.1. The first kappa shape index (κ1) is 39.8. The molecule has 12 rings (SSSR count). The zero-order valence-electron chi connectivity index (χ0n) is 36.9. The first-order valence-corrected chi connectivity index (χ1v) is 23.1. The molecule has 0 heterocycles. The summed E-state index contributed by atoms with van der Waals surface area (Å²) >= 11 is 0. The van der Waals surface area contributed by atoms with Gasteiger partial charge in [-0.1, -0.05) is 218 Å². The van der Waals surface area contributed by atoms with Crippen LogP contribution in [0.5, 0.6) is 0 Å². The van der Waals surface area contributed by atoms with Gasteiger partial charge in [-0.25, -0.2) is 0 Å². The van der Waals surface area contributed by atoms with E-state index in [9.17, 15) is 0 Å². The second-order valence-electron chi connectivity index (χ2n) is 17.3. The van der Waals surface area contributed by atoms with Gasteiger partial charge in [-0.2, -0.15) is 0 Å². The van der Waals surface area contributed by atoms with E-state index in [4.69, 9.17) is 0 Å². The number of anilines is 3. The molecule has 0 aromatic heterocycles. The van der Waals surface area contributed by atoms with E-state index in [1.54, 1.807) is 0 Å².